The van der Waals surface area contributed by atoms with Gasteiger partial charge in [-0.2, -0.15) is 0 Å². The summed E-state index contributed by atoms with van der Waals surface area (Å²) in [7, 11) is 0. The second-order valence-corrected chi connectivity index (χ2v) is 7.07. The van der Waals surface area contributed by atoms with Gasteiger partial charge in [0.1, 0.15) is 0 Å². The van der Waals surface area contributed by atoms with Crippen molar-refractivity contribution in [2.75, 3.05) is 29.9 Å². The highest BCUT2D eigenvalue weighted by atomic mass is 16.5. The van der Waals surface area contributed by atoms with Crippen molar-refractivity contribution in [2.45, 2.75) is 51.9 Å². The maximum absolute atomic E-state index is 12.6. The third kappa shape index (κ3) is 4.19. The lowest BCUT2D eigenvalue weighted by atomic mass is 10.1. The number of amides is 2. The molecule has 6 nitrogen and oxygen atoms in total. The molecule has 2 saturated heterocycles. The van der Waals surface area contributed by atoms with E-state index in [2.05, 4.69) is 10.2 Å². The number of morpholine rings is 1. The minimum Gasteiger partial charge on any atom is -0.373 e. The zero-order chi connectivity index (χ0) is 18.0. The van der Waals surface area contributed by atoms with Crippen LogP contribution in [0.5, 0.6) is 0 Å². The van der Waals surface area contributed by atoms with Gasteiger partial charge < -0.3 is 15.0 Å². The largest absolute Gasteiger partial charge is 0.373 e. The van der Waals surface area contributed by atoms with Gasteiger partial charge in [0.15, 0.2) is 0 Å². The maximum Gasteiger partial charge on any atom is 0.241 e. The number of hydrogen-bond acceptors (Lipinski definition) is 4. The SMILES string of the molecule is CC1CN(C(C)C(=O)Nc2ccc(N3CCCC3=O)cc2)CC(C)O1. The number of carbonyl (C=O) groups excluding carboxylic acids is 2. The second kappa shape index (κ2) is 7.54. The first-order valence-electron chi connectivity index (χ1n) is 9.05. The lowest BCUT2D eigenvalue weighted by molar-refractivity contribution is -0.127. The summed E-state index contributed by atoms with van der Waals surface area (Å²) in [4.78, 5) is 28.3. The van der Waals surface area contributed by atoms with Crippen LogP contribution in [0.3, 0.4) is 0 Å². The van der Waals surface area contributed by atoms with E-state index in [0.29, 0.717) is 6.42 Å². The molecule has 2 heterocycles. The van der Waals surface area contributed by atoms with Crippen molar-refractivity contribution in [1.29, 1.82) is 0 Å². The van der Waals surface area contributed by atoms with Gasteiger partial charge >= 0.3 is 0 Å². The van der Waals surface area contributed by atoms with Gasteiger partial charge in [0.05, 0.1) is 18.2 Å². The molecule has 0 aliphatic carbocycles. The van der Waals surface area contributed by atoms with Gasteiger partial charge in [0, 0.05) is 37.4 Å². The summed E-state index contributed by atoms with van der Waals surface area (Å²) >= 11 is 0. The molecule has 25 heavy (non-hydrogen) atoms. The van der Waals surface area contributed by atoms with E-state index in [1.54, 1.807) is 4.90 Å². The van der Waals surface area contributed by atoms with E-state index in [0.717, 1.165) is 37.4 Å². The van der Waals surface area contributed by atoms with Gasteiger partial charge in [0.25, 0.3) is 0 Å². The summed E-state index contributed by atoms with van der Waals surface area (Å²) in [5, 5.41) is 2.97. The average molecular weight is 345 g/mol. The second-order valence-electron chi connectivity index (χ2n) is 7.07. The molecule has 0 aromatic heterocycles. The molecule has 0 bridgehead atoms. The summed E-state index contributed by atoms with van der Waals surface area (Å²) in [6.07, 6.45) is 1.80. The van der Waals surface area contributed by atoms with E-state index in [1.165, 1.54) is 0 Å². The molecule has 3 rings (SSSR count). The van der Waals surface area contributed by atoms with E-state index in [4.69, 9.17) is 4.74 Å². The summed E-state index contributed by atoms with van der Waals surface area (Å²) in [5.74, 6) is 0.146. The van der Waals surface area contributed by atoms with Crippen molar-refractivity contribution in [3.63, 3.8) is 0 Å². The fourth-order valence-electron chi connectivity index (χ4n) is 3.59. The van der Waals surface area contributed by atoms with Crippen LogP contribution in [0.1, 0.15) is 33.6 Å². The number of nitrogens with zero attached hydrogens (tertiary/aromatic N) is 2. The van der Waals surface area contributed by atoms with Crippen LogP contribution in [-0.4, -0.2) is 54.6 Å². The normalized spacial score (nSPS) is 25.9. The topological polar surface area (TPSA) is 61.9 Å². The molecular weight excluding hydrogens is 318 g/mol. The first-order chi connectivity index (χ1) is 11.9. The molecule has 2 fully saturated rings. The Bertz CT molecular complexity index is 621. The highest BCUT2D eigenvalue weighted by Crippen LogP contribution is 2.23. The molecule has 2 aliphatic rings. The Kier molecular flexibility index (Phi) is 5.39. The monoisotopic (exact) mass is 345 g/mol. The molecule has 2 aliphatic heterocycles. The van der Waals surface area contributed by atoms with Crippen molar-refractivity contribution < 1.29 is 14.3 Å². The number of carbonyl (C=O) groups is 2. The van der Waals surface area contributed by atoms with Gasteiger partial charge in [-0.1, -0.05) is 0 Å². The van der Waals surface area contributed by atoms with Crippen LogP contribution in [0.25, 0.3) is 0 Å². The summed E-state index contributed by atoms with van der Waals surface area (Å²) in [6, 6.07) is 7.28. The van der Waals surface area contributed by atoms with Crippen LogP contribution in [0.4, 0.5) is 11.4 Å². The zero-order valence-electron chi connectivity index (χ0n) is 15.2. The Morgan fingerprint density at radius 2 is 1.84 bits per heavy atom. The molecule has 3 atom stereocenters. The summed E-state index contributed by atoms with van der Waals surface area (Å²) < 4.78 is 5.73. The third-order valence-electron chi connectivity index (χ3n) is 4.89. The van der Waals surface area contributed by atoms with Crippen molar-refractivity contribution in [1.82, 2.24) is 4.90 Å². The van der Waals surface area contributed by atoms with Crippen molar-refractivity contribution in [3.05, 3.63) is 24.3 Å². The molecule has 6 heteroatoms. The van der Waals surface area contributed by atoms with Crippen molar-refractivity contribution in [3.8, 4) is 0 Å². The van der Waals surface area contributed by atoms with E-state index >= 15 is 0 Å². The molecular formula is C19H27N3O3. The quantitative estimate of drug-likeness (QED) is 0.909. The summed E-state index contributed by atoms with van der Waals surface area (Å²) in [5.41, 5.74) is 1.64. The number of ether oxygens (including phenoxy) is 1. The first kappa shape index (κ1) is 17.9. The van der Waals surface area contributed by atoms with Crippen molar-refractivity contribution in [2.24, 2.45) is 0 Å². The molecule has 0 saturated carbocycles. The smallest absolute Gasteiger partial charge is 0.241 e. The lowest BCUT2D eigenvalue weighted by Gasteiger charge is -2.38. The predicted octanol–water partition coefficient (Wildman–Crippen LogP) is 2.25. The fraction of sp³-hybridized carbons (Fsp3) is 0.579. The first-order valence-corrected chi connectivity index (χ1v) is 9.05. The van der Waals surface area contributed by atoms with Gasteiger partial charge in [-0.05, 0) is 51.5 Å². The van der Waals surface area contributed by atoms with Gasteiger partial charge in [-0.25, -0.2) is 0 Å². The minimum atomic E-state index is -0.214. The van der Waals surface area contributed by atoms with Crippen LogP contribution in [0.2, 0.25) is 0 Å². The molecule has 2 amide bonds. The Balaban J connectivity index is 1.59. The molecule has 0 spiro atoms. The Morgan fingerprint density at radius 3 is 2.40 bits per heavy atom. The number of hydrogen-bond donors (Lipinski definition) is 1. The summed E-state index contributed by atoms with van der Waals surface area (Å²) in [6.45, 7) is 8.29. The number of nitrogens with one attached hydrogen (secondary N) is 1. The Hall–Kier alpha value is -1.92. The van der Waals surface area contributed by atoms with Crippen LogP contribution in [-0.2, 0) is 14.3 Å². The number of benzene rings is 1. The van der Waals surface area contributed by atoms with Gasteiger partial charge in [0.2, 0.25) is 11.8 Å². The minimum absolute atomic E-state index is 0.0219. The number of rotatable bonds is 4. The highest BCUT2D eigenvalue weighted by molar-refractivity contribution is 5.97. The predicted molar refractivity (Wildman–Crippen MR) is 97.7 cm³/mol. The van der Waals surface area contributed by atoms with Gasteiger partial charge in [-0.15, -0.1) is 0 Å². The molecule has 1 aromatic carbocycles. The van der Waals surface area contributed by atoms with Gasteiger partial charge in [-0.3, -0.25) is 14.5 Å². The Morgan fingerprint density at radius 1 is 1.20 bits per heavy atom. The van der Waals surface area contributed by atoms with E-state index < -0.39 is 0 Å². The maximum atomic E-state index is 12.6. The van der Waals surface area contributed by atoms with E-state index in [9.17, 15) is 9.59 Å². The fourth-order valence-corrected chi connectivity index (χ4v) is 3.59. The zero-order valence-corrected chi connectivity index (χ0v) is 15.2. The molecule has 1 aromatic rings. The van der Waals surface area contributed by atoms with Crippen LogP contribution in [0, 0.1) is 0 Å². The lowest BCUT2D eigenvalue weighted by Crippen LogP contribution is -2.52. The van der Waals surface area contributed by atoms with Crippen LogP contribution in [0.15, 0.2) is 24.3 Å². The molecule has 0 radical (unpaired) electrons. The number of anilines is 2. The van der Waals surface area contributed by atoms with E-state index in [1.807, 2.05) is 45.0 Å². The molecule has 1 N–H and O–H groups in total. The van der Waals surface area contributed by atoms with Crippen LogP contribution >= 0.6 is 0 Å². The Labute approximate surface area is 149 Å². The average Bonchev–Trinajstić information content (AvgIpc) is 3.00. The third-order valence-corrected chi connectivity index (χ3v) is 4.89. The standard InChI is InChI=1S/C19H27N3O3/c1-13-11-21(12-14(2)25-13)15(3)19(24)20-16-6-8-17(9-7-16)22-10-4-5-18(22)23/h6-9,13-15H,4-5,10-12H2,1-3H3,(H,20,24). The van der Waals surface area contributed by atoms with E-state index in [-0.39, 0.29) is 30.1 Å². The highest BCUT2D eigenvalue weighted by Gasteiger charge is 2.29. The molecule has 136 valence electrons. The molecule has 3 unspecified atom stereocenters. The van der Waals surface area contributed by atoms with Crippen LogP contribution < -0.4 is 10.2 Å². The van der Waals surface area contributed by atoms with Crippen molar-refractivity contribution >= 4 is 23.2 Å².